The van der Waals surface area contributed by atoms with Crippen molar-refractivity contribution in [3.63, 3.8) is 0 Å². The van der Waals surface area contributed by atoms with Crippen molar-refractivity contribution in [2.45, 2.75) is 13.3 Å². The van der Waals surface area contributed by atoms with E-state index in [9.17, 15) is 0 Å². The van der Waals surface area contributed by atoms with Gasteiger partial charge in [-0.1, -0.05) is 6.92 Å². The number of hydrogen-bond donors (Lipinski definition) is 0. The highest BCUT2D eigenvalue weighted by Gasteiger charge is 1.93. The fraction of sp³-hybridized carbons (Fsp3) is 0.429. The zero-order chi connectivity index (χ0) is 7.94. The Kier molecular flexibility index (Phi) is 3.75. The highest BCUT2D eigenvalue weighted by atomic mass is 32.2. The smallest absolute Gasteiger partial charge is 0.328 e. The van der Waals surface area contributed by atoms with Crippen molar-refractivity contribution in [2.24, 2.45) is 0 Å². The molecule has 0 N–H and O–H groups in total. The minimum Gasteiger partial charge on any atom is -0.389 e. The molecule has 0 aliphatic rings. The fourth-order valence-corrected chi connectivity index (χ4v) is 0.948. The molecular weight excluding hydrogens is 160 g/mol. The molecule has 0 radical (unpaired) electrons. The second-order valence-electron chi connectivity index (χ2n) is 1.94. The van der Waals surface area contributed by atoms with Crippen LogP contribution < -0.4 is 4.18 Å². The molecule has 0 bridgehead atoms. The van der Waals surface area contributed by atoms with Crippen molar-refractivity contribution >= 4 is 12.0 Å². The van der Waals surface area contributed by atoms with Gasteiger partial charge in [0.2, 0.25) is 0 Å². The average Bonchev–Trinajstić information content (AvgIpc) is 2.07. The van der Waals surface area contributed by atoms with E-state index in [2.05, 4.69) is 16.9 Å². The van der Waals surface area contributed by atoms with Crippen LogP contribution in [0.25, 0.3) is 0 Å². The molecule has 0 aliphatic heterocycles. The molecule has 60 valence electrons. The van der Waals surface area contributed by atoms with Crippen LogP contribution in [0.2, 0.25) is 0 Å². The van der Waals surface area contributed by atoms with Gasteiger partial charge in [-0.25, -0.2) is 9.97 Å². The van der Waals surface area contributed by atoms with Crippen LogP contribution in [0.3, 0.4) is 0 Å². The van der Waals surface area contributed by atoms with Crippen LogP contribution in [0.15, 0.2) is 18.5 Å². The van der Waals surface area contributed by atoms with Crippen LogP contribution in [0, 0.1) is 0 Å². The molecule has 3 nitrogen and oxygen atoms in total. The Bertz CT molecular complexity index is 193. The lowest BCUT2D eigenvalue weighted by Gasteiger charge is -1.98. The maximum absolute atomic E-state index is 5.14. The van der Waals surface area contributed by atoms with Crippen LogP contribution in [0.4, 0.5) is 0 Å². The Labute approximate surface area is 70.4 Å². The van der Waals surface area contributed by atoms with Crippen molar-refractivity contribution in [2.75, 3.05) is 5.75 Å². The molecule has 1 heterocycles. The molecular formula is C7H10N2OS. The Morgan fingerprint density at radius 2 is 2.18 bits per heavy atom. The molecule has 1 aromatic heterocycles. The zero-order valence-corrected chi connectivity index (χ0v) is 7.17. The Morgan fingerprint density at radius 1 is 1.45 bits per heavy atom. The summed E-state index contributed by atoms with van der Waals surface area (Å²) in [6.45, 7) is 2.10. The highest BCUT2D eigenvalue weighted by molar-refractivity contribution is 7.95. The summed E-state index contributed by atoms with van der Waals surface area (Å²) in [4.78, 5) is 7.79. The Morgan fingerprint density at radius 3 is 2.82 bits per heavy atom. The van der Waals surface area contributed by atoms with Gasteiger partial charge in [0.1, 0.15) is 0 Å². The monoisotopic (exact) mass is 170 g/mol. The lowest BCUT2D eigenvalue weighted by molar-refractivity contribution is 0.583. The van der Waals surface area contributed by atoms with Gasteiger partial charge in [-0.15, -0.1) is 0 Å². The molecule has 0 saturated heterocycles. The maximum atomic E-state index is 5.14. The van der Waals surface area contributed by atoms with Gasteiger partial charge in [0.05, 0.1) is 12.0 Å². The Hall–Kier alpha value is -0.770. The molecule has 0 aliphatic carbocycles. The van der Waals surface area contributed by atoms with Crippen molar-refractivity contribution < 1.29 is 4.18 Å². The molecule has 0 saturated carbocycles. The maximum Gasteiger partial charge on any atom is 0.328 e. The summed E-state index contributed by atoms with van der Waals surface area (Å²) >= 11 is 1.38. The van der Waals surface area contributed by atoms with Crippen LogP contribution in [-0.2, 0) is 0 Å². The largest absolute Gasteiger partial charge is 0.389 e. The predicted molar refractivity (Wildman–Crippen MR) is 45.4 cm³/mol. The fourth-order valence-electron chi connectivity index (χ4n) is 0.506. The van der Waals surface area contributed by atoms with Crippen LogP contribution in [0.5, 0.6) is 6.01 Å². The van der Waals surface area contributed by atoms with Crippen molar-refractivity contribution in [3.8, 4) is 6.01 Å². The summed E-state index contributed by atoms with van der Waals surface area (Å²) in [5.74, 6) is 0.970. The van der Waals surface area contributed by atoms with E-state index in [1.165, 1.54) is 12.0 Å². The average molecular weight is 170 g/mol. The number of hydrogen-bond acceptors (Lipinski definition) is 4. The quantitative estimate of drug-likeness (QED) is 0.510. The molecule has 0 aromatic carbocycles. The van der Waals surface area contributed by atoms with E-state index in [1.807, 2.05) is 0 Å². The second kappa shape index (κ2) is 4.96. The first-order valence-electron chi connectivity index (χ1n) is 3.50. The van der Waals surface area contributed by atoms with Crippen LogP contribution in [-0.4, -0.2) is 15.7 Å². The summed E-state index contributed by atoms with van der Waals surface area (Å²) in [6, 6.07) is 2.20. The van der Waals surface area contributed by atoms with Gasteiger partial charge >= 0.3 is 6.01 Å². The highest BCUT2D eigenvalue weighted by Crippen LogP contribution is 2.08. The van der Waals surface area contributed by atoms with Crippen LogP contribution in [0.1, 0.15) is 13.3 Å². The standard InChI is InChI=1S/C7H10N2OS/c1-2-6-11-10-7-8-4-3-5-9-7/h3-5H,2,6H2,1H3. The first-order valence-corrected chi connectivity index (χ1v) is 4.41. The summed E-state index contributed by atoms with van der Waals surface area (Å²) in [5, 5.41) is 0. The molecule has 0 atom stereocenters. The molecule has 1 rings (SSSR count). The molecule has 0 fully saturated rings. The Balaban J connectivity index is 2.28. The van der Waals surface area contributed by atoms with Gasteiger partial charge in [-0.05, 0) is 12.5 Å². The first-order chi connectivity index (χ1) is 5.43. The third kappa shape index (κ3) is 3.23. The van der Waals surface area contributed by atoms with Crippen molar-refractivity contribution in [1.82, 2.24) is 9.97 Å². The molecule has 0 amide bonds. The van der Waals surface area contributed by atoms with E-state index in [-0.39, 0.29) is 0 Å². The van der Waals surface area contributed by atoms with E-state index in [0.29, 0.717) is 6.01 Å². The summed E-state index contributed by atoms with van der Waals surface area (Å²) in [5.41, 5.74) is 0. The minimum atomic E-state index is 0.436. The molecule has 0 spiro atoms. The van der Waals surface area contributed by atoms with Crippen LogP contribution >= 0.6 is 12.0 Å². The lowest BCUT2D eigenvalue weighted by Crippen LogP contribution is -1.89. The lowest BCUT2D eigenvalue weighted by atomic mass is 10.6. The molecule has 1 aromatic rings. The van der Waals surface area contributed by atoms with Gasteiger partial charge in [-0.2, -0.15) is 0 Å². The minimum absolute atomic E-state index is 0.436. The molecule has 11 heavy (non-hydrogen) atoms. The van der Waals surface area contributed by atoms with Crippen molar-refractivity contribution in [3.05, 3.63) is 18.5 Å². The number of nitrogens with zero attached hydrogens (tertiary/aromatic N) is 2. The molecule has 4 heteroatoms. The van der Waals surface area contributed by atoms with E-state index in [1.54, 1.807) is 18.5 Å². The normalized spacial score (nSPS) is 9.55. The van der Waals surface area contributed by atoms with E-state index in [4.69, 9.17) is 4.18 Å². The topological polar surface area (TPSA) is 35.0 Å². The van der Waals surface area contributed by atoms with Gasteiger partial charge in [0, 0.05) is 18.1 Å². The van der Waals surface area contributed by atoms with Gasteiger partial charge in [0.25, 0.3) is 0 Å². The predicted octanol–water partition coefficient (Wildman–Crippen LogP) is 1.91. The molecule has 0 unspecified atom stereocenters. The van der Waals surface area contributed by atoms with Gasteiger partial charge in [-0.3, -0.25) is 0 Å². The number of rotatable bonds is 4. The third-order valence-electron chi connectivity index (χ3n) is 0.963. The van der Waals surface area contributed by atoms with E-state index >= 15 is 0 Å². The van der Waals surface area contributed by atoms with Gasteiger partial charge < -0.3 is 4.18 Å². The van der Waals surface area contributed by atoms with E-state index < -0.39 is 0 Å². The SMILES string of the molecule is CCCSOc1ncccn1. The first kappa shape index (κ1) is 8.33. The zero-order valence-electron chi connectivity index (χ0n) is 6.36. The summed E-state index contributed by atoms with van der Waals surface area (Å²) in [6.07, 6.45) is 4.42. The van der Waals surface area contributed by atoms with Crippen molar-refractivity contribution in [1.29, 1.82) is 0 Å². The third-order valence-corrected chi connectivity index (χ3v) is 1.80. The number of aromatic nitrogens is 2. The summed E-state index contributed by atoms with van der Waals surface area (Å²) in [7, 11) is 0. The van der Waals surface area contributed by atoms with E-state index in [0.717, 1.165) is 12.2 Å². The summed E-state index contributed by atoms with van der Waals surface area (Å²) < 4.78 is 5.14. The second-order valence-corrected chi connectivity index (χ2v) is 2.75. The van der Waals surface area contributed by atoms with Gasteiger partial charge in [0.15, 0.2) is 0 Å².